The van der Waals surface area contributed by atoms with E-state index in [2.05, 4.69) is 64.3 Å². The molecule has 1 saturated heterocycles. The number of aromatic nitrogens is 1. The normalized spacial score (nSPS) is 18.2. The fraction of sp³-hybridized carbons (Fsp3) is 0.514. The Morgan fingerprint density at radius 3 is 2.36 bits per heavy atom. The molecule has 1 amide bonds. The number of β-amino-alcohol motifs (C(OH)–C–C–N with tert-alkyl or cyclic N) is 1. The zero-order valence-corrected chi connectivity index (χ0v) is 27.0. The molecule has 0 unspecified atom stereocenters. The standard InChI is InChI=1S/C37H50N4O3/c1-5-41(31-11-8-6-7-9-12-31)35-21-30(29-16-14-28(15-17-29)23-40-18-10-13-32(42)24-40)20-33(27(35)4)36(43)38-22-34-25(2)19-26(3)39-37(34)44/h14-17,19-21,31-32,42H,5-13,18,22-24H2,1-4H3,(H,38,43)(H,39,44)/t32-/m0/s1. The van der Waals surface area contributed by atoms with Crippen LogP contribution in [0.1, 0.15) is 96.6 Å². The van der Waals surface area contributed by atoms with Crippen molar-refractivity contribution >= 4 is 11.6 Å². The molecule has 236 valence electrons. The van der Waals surface area contributed by atoms with Crippen molar-refractivity contribution in [2.75, 3.05) is 24.5 Å². The van der Waals surface area contributed by atoms with E-state index in [1.807, 2.05) is 26.0 Å². The first-order valence-electron chi connectivity index (χ1n) is 16.6. The van der Waals surface area contributed by atoms with E-state index in [9.17, 15) is 14.7 Å². The van der Waals surface area contributed by atoms with Gasteiger partial charge in [0, 0.05) is 54.7 Å². The molecule has 1 saturated carbocycles. The number of hydrogen-bond acceptors (Lipinski definition) is 5. The first kappa shape index (κ1) is 32.0. The molecule has 1 aromatic heterocycles. The molecule has 0 radical (unpaired) electrons. The van der Waals surface area contributed by atoms with E-state index >= 15 is 0 Å². The summed E-state index contributed by atoms with van der Waals surface area (Å²) in [6, 6.07) is 15.3. The fourth-order valence-electron chi connectivity index (χ4n) is 7.20. The van der Waals surface area contributed by atoms with Crippen molar-refractivity contribution in [1.82, 2.24) is 15.2 Å². The summed E-state index contributed by atoms with van der Waals surface area (Å²) >= 11 is 0. The second-order valence-electron chi connectivity index (χ2n) is 13.0. The van der Waals surface area contributed by atoms with Crippen LogP contribution in [-0.2, 0) is 13.1 Å². The van der Waals surface area contributed by atoms with Crippen LogP contribution in [-0.4, -0.2) is 52.7 Å². The lowest BCUT2D eigenvalue weighted by molar-refractivity contribution is 0.0668. The molecule has 0 bridgehead atoms. The van der Waals surface area contributed by atoms with Gasteiger partial charge in [0.25, 0.3) is 11.5 Å². The highest BCUT2D eigenvalue weighted by molar-refractivity contribution is 5.99. The molecule has 1 aliphatic carbocycles. The number of amides is 1. The van der Waals surface area contributed by atoms with Crippen molar-refractivity contribution in [3.63, 3.8) is 0 Å². The summed E-state index contributed by atoms with van der Waals surface area (Å²) < 4.78 is 0. The summed E-state index contributed by atoms with van der Waals surface area (Å²) in [5, 5.41) is 13.2. The minimum atomic E-state index is -0.234. The number of carbonyl (C=O) groups is 1. The van der Waals surface area contributed by atoms with Gasteiger partial charge in [-0.15, -0.1) is 0 Å². The van der Waals surface area contributed by atoms with E-state index in [1.54, 1.807) is 0 Å². The zero-order valence-electron chi connectivity index (χ0n) is 27.0. The maximum atomic E-state index is 13.8. The lowest BCUT2D eigenvalue weighted by Crippen LogP contribution is -2.37. The maximum absolute atomic E-state index is 13.8. The lowest BCUT2D eigenvalue weighted by atomic mass is 9.94. The average Bonchev–Trinajstić information content (AvgIpc) is 3.28. The van der Waals surface area contributed by atoms with Crippen LogP contribution in [0.5, 0.6) is 0 Å². The molecule has 2 aliphatic rings. The van der Waals surface area contributed by atoms with Gasteiger partial charge in [-0.1, -0.05) is 49.9 Å². The van der Waals surface area contributed by atoms with Crippen molar-refractivity contribution in [3.05, 3.63) is 86.3 Å². The van der Waals surface area contributed by atoms with E-state index in [0.29, 0.717) is 17.2 Å². The van der Waals surface area contributed by atoms with Crippen molar-refractivity contribution in [3.8, 4) is 11.1 Å². The minimum Gasteiger partial charge on any atom is -0.392 e. The Morgan fingerprint density at radius 2 is 1.70 bits per heavy atom. The molecular weight excluding hydrogens is 548 g/mol. The maximum Gasteiger partial charge on any atom is 0.253 e. The number of hydrogen-bond donors (Lipinski definition) is 3. The summed E-state index contributed by atoms with van der Waals surface area (Å²) in [5.41, 5.74) is 8.19. The number of H-pyrrole nitrogens is 1. The predicted octanol–water partition coefficient (Wildman–Crippen LogP) is 6.40. The van der Waals surface area contributed by atoms with Crippen molar-refractivity contribution in [2.24, 2.45) is 0 Å². The number of aliphatic hydroxyl groups excluding tert-OH is 1. The highest BCUT2D eigenvalue weighted by atomic mass is 16.3. The third-order valence-electron chi connectivity index (χ3n) is 9.63. The second-order valence-corrected chi connectivity index (χ2v) is 13.0. The predicted molar refractivity (Wildman–Crippen MR) is 179 cm³/mol. The second kappa shape index (κ2) is 14.6. The number of nitrogens with zero attached hydrogens (tertiary/aromatic N) is 2. The Labute approximate surface area is 262 Å². The lowest BCUT2D eigenvalue weighted by Gasteiger charge is -2.34. The number of piperidine rings is 1. The smallest absolute Gasteiger partial charge is 0.253 e. The molecule has 7 nitrogen and oxygen atoms in total. The Morgan fingerprint density at radius 1 is 0.977 bits per heavy atom. The van der Waals surface area contributed by atoms with E-state index in [4.69, 9.17) is 0 Å². The van der Waals surface area contributed by atoms with E-state index in [-0.39, 0.29) is 24.1 Å². The summed E-state index contributed by atoms with van der Waals surface area (Å²) in [5.74, 6) is -0.165. The van der Waals surface area contributed by atoms with Crippen LogP contribution in [0.15, 0.2) is 47.3 Å². The fourth-order valence-corrected chi connectivity index (χ4v) is 7.20. The number of aliphatic hydroxyl groups is 1. The van der Waals surface area contributed by atoms with E-state index in [0.717, 1.165) is 72.7 Å². The molecule has 7 heteroatoms. The molecule has 3 N–H and O–H groups in total. The van der Waals surface area contributed by atoms with Gasteiger partial charge in [-0.3, -0.25) is 14.5 Å². The molecule has 1 atom stereocenters. The summed E-state index contributed by atoms with van der Waals surface area (Å²) in [4.78, 5) is 34.2. The number of likely N-dealkylation sites (tertiary alicyclic amines) is 1. The van der Waals surface area contributed by atoms with Crippen LogP contribution in [0.3, 0.4) is 0 Å². The zero-order chi connectivity index (χ0) is 31.2. The van der Waals surface area contributed by atoms with Crippen molar-refractivity contribution in [1.29, 1.82) is 0 Å². The van der Waals surface area contributed by atoms with Crippen LogP contribution < -0.4 is 15.8 Å². The van der Waals surface area contributed by atoms with Crippen molar-refractivity contribution < 1.29 is 9.90 Å². The molecule has 5 rings (SSSR count). The van der Waals surface area contributed by atoms with Gasteiger partial charge < -0.3 is 20.3 Å². The third kappa shape index (κ3) is 7.62. The van der Waals surface area contributed by atoms with Gasteiger partial charge in [0.05, 0.1) is 6.10 Å². The number of nitrogens with one attached hydrogen (secondary N) is 2. The van der Waals surface area contributed by atoms with E-state index < -0.39 is 0 Å². The number of anilines is 1. The van der Waals surface area contributed by atoms with Crippen molar-refractivity contribution in [2.45, 2.75) is 104 Å². The SMILES string of the molecule is CCN(c1cc(-c2ccc(CN3CCC[C@H](O)C3)cc2)cc(C(=O)NCc2c(C)cc(C)[nH]c2=O)c1C)C1CCCCCC1. The van der Waals surface area contributed by atoms with E-state index in [1.165, 1.54) is 44.1 Å². The molecule has 2 fully saturated rings. The quantitative estimate of drug-likeness (QED) is 0.248. The number of rotatable bonds is 9. The molecule has 2 heterocycles. The molecule has 0 spiro atoms. The van der Waals surface area contributed by atoms with Gasteiger partial charge >= 0.3 is 0 Å². The van der Waals surface area contributed by atoms with Gasteiger partial charge in [0.1, 0.15) is 0 Å². The summed E-state index contributed by atoms with van der Waals surface area (Å²) in [6.45, 7) is 11.7. The van der Waals surface area contributed by atoms with Crippen LogP contribution in [0, 0.1) is 20.8 Å². The van der Waals surface area contributed by atoms with Gasteiger partial charge in [-0.2, -0.15) is 0 Å². The first-order chi connectivity index (χ1) is 21.2. The van der Waals surface area contributed by atoms with Crippen LogP contribution in [0.2, 0.25) is 0 Å². The van der Waals surface area contributed by atoms with Gasteiger partial charge in [0.2, 0.25) is 0 Å². The molecule has 3 aromatic rings. The number of aromatic amines is 1. The summed E-state index contributed by atoms with van der Waals surface area (Å²) in [6.07, 6.45) is 9.11. The van der Waals surface area contributed by atoms with Gasteiger partial charge in [-0.25, -0.2) is 0 Å². The van der Waals surface area contributed by atoms with Gasteiger partial charge in [-0.05, 0) is 106 Å². The van der Waals surface area contributed by atoms with Crippen LogP contribution in [0.4, 0.5) is 5.69 Å². The van der Waals surface area contributed by atoms with Crippen LogP contribution >= 0.6 is 0 Å². The molecule has 2 aromatic carbocycles. The Hall–Kier alpha value is -3.42. The van der Waals surface area contributed by atoms with Gasteiger partial charge in [0.15, 0.2) is 0 Å². The number of pyridine rings is 1. The first-order valence-corrected chi connectivity index (χ1v) is 16.6. The Balaban J connectivity index is 1.46. The highest BCUT2D eigenvalue weighted by Gasteiger charge is 2.24. The average molecular weight is 599 g/mol. The Bertz CT molecular complexity index is 1490. The number of benzene rings is 2. The Kier molecular flexibility index (Phi) is 10.6. The summed E-state index contributed by atoms with van der Waals surface area (Å²) in [7, 11) is 0. The number of carbonyl (C=O) groups excluding carboxylic acids is 1. The largest absolute Gasteiger partial charge is 0.392 e. The molecule has 44 heavy (non-hydrogen) atoms. The monoisotopic (exact) mass is 598 g/mol. The highest BCUT2D eigenvalue weighted by Crippen LogP contribution is 2.35. The topological polar surface area (TPSA) is 88.7 Å². The molecular formula is C37H50N4O3. The minimum absolute atomic E-state index is 0.154. The molecule has 1 aliphatic heterocycles. The number of aryl methyl sites for hydroxylation is 2. The third-order valence-corrected chi connectivity index (χ3v) is 9.63. The van der Waals surface area contributed by atoms with Crippen LogP contribution in [0.25, 0.3) is 11.1 Å².